The molecule has 0 spiro atoms. The van der Waals surface area contributed by atoms with Gasteiger partial charge in [-0.2, -0.15) is 0 Å². The second-order valence-electron chi connectivity index (χ2n) is 5.54. The van der Waals surface area contributed by atoms with E-state index in [4.69, 9.17) is 0 Å². The lowest BCUT2D eigenvalue weighted by Crippen LogP contribution is -2.51. The molecule has 0 aliphatic heterocycles. The summed E-state index contributed by atoms with van der Waals surface area (Å²) in [4.78, 5) is 25.2. The molecule has 0 aromatic rings. The summed E-state index contributed by atoms with van der Waals surface area (Å²) in [6, 6.07) is -1.03. The highest BCUT2D eigenvalue weighted by Gasteiger charge is 2.30. The molecule has 0 aromatic heterocycles. The van der Waals surface area contributed by atoms with Crippen molar-refractivity contribution in [3.05, 3.63) is 0 Å². The first-order chi connectivity index (χ1) is 8.99. The summed E-state index contributed by atoms with van der Waals surface area (Å²) in [5.74, 6) is -0.402. The Hall–Kier alpha value is -1.26. The molecule has 2 N–H and O–H groups in total. The minimum absolute atomic E-state index is 0.0640. The molecule has 0 saturated heterocycles. The van der Waals surface area contributed by atoms with Crippen LogP contribution < -0.4 is 5.32 Å². The molecule has 1 fully saturated rings. The maximum Gasteiger partial charge on any atom is 0.326 e. The van der Waals surface area contributed by atoms with Crippen molar-refractivity contribution in [1.29, 1.82) is 0 Å². The smallest absolute Gasteiger partial charge is 0.326 e. The number of nitrogens with one attached hydrogen (secondary N) is 1. The summed E-state index contributed by atoms with van der Waals surface area (Å²) in [5, 5.41) is 11.9. The van der Waals surface area contributed by atoms with Crippen LogP contribution >= 0.6 is 0 Å². The van der Waals surface area contributed by atoms with E-state index in [2.05, 4.69) is 5.32 Å². The van der Waals surface area contributed by atoms with E-state index in [-0.39, 0.29) is 11.9 Å². The Labute approximate surface area is 115 Å². The summed E-state index contributed by atoms with van der Waals surface area (Å²) in [6.07, 6.45) is 3.98. The number of hydrogen-bond acceptors (Lipinski definition) is 2. The quantitative estimate of drug-likeness (QED) is 0.711. The molecule has 0 bridgehead atoms. The number of carbonyl (C=O) groups is 2. The van der Waals surface area contributed by atoms with Gasteiger partial charge in [-0.05, 0) is 31.1 Å². The average molecular weight is 270 g/mol. The Morgan fingerprint density at radius 2 is 2.00 bits per heavy atom. The second kappa shape index (κ2) is 7.36. The lowest BCUT2D eigenvalue weighted by molar-refractivity contribution is -0.140. The van der Waals surface area contributed by atoms with Gasteiger partial charge < -0.3 is 15.3 Å². The van der Waals surface area contributed by atoms with Gasteiger partial charge in [-0.3, -0.25) is 0 Å². The van der Waals surface area contributed by atoms with Gasteiger partial charge in [0.05, 0.1) is 0 Å². The molecule has 5 nitrogen and oxygen atoms in total. The van der Waals surface area contributed by atoms with Crippen LogP contribution in [-0.4, -0.2) is 41.1 Å². The van der Waals surface area contributed by atoms with E-state index >= 15 is 0 Å². The summed E-state index contributed by atoms with van der Waals surface area (Å²) in [5.41, 5.74) is 0. The Kier molecular flexibility index (Phi) is 6.12. The molecule has 19 heavy (non-hydrogen) atoms. The molecule has 1 rings (SSSR count). The van der Waals surface area contributed by atoms with Crippen LogP contribution in [0.5, 0.6) is 0 Å². The molecule has 1 aliphatic rings. The SMILES string of the molecule is CCCN(CC1CC1)C(=O)N[C@H](C(=O)O)[C@@H](C)CC. The monoisotopic (exact) mass is 270 g/mol. The van der Waals surface area contributed by atoms with Gasteiger partial charge in [-0.25, -0.2) is 9.59 Å². The normalized spacial score (nSPS) is 17.6. The van der Waals surface area contributed by atoms with Crippen LogP contribution in [0, 0.1) is 11.8 Å². The van der Waals surface area contributed by atoms with Gasteiger partial charge >= 0.3 is 12.0 Å². The average Bonchev–Trinajstić information content (AvgIpc) is 3.17. The second-order valence-corrected chi connectivity index (χ2v) is 5.54. The van der Waals surface area contributed by atoms with Crippen molar-refractivity contribution in [3.63, 3.8) is 0 Å². The molecule has 0 heterocycles. The molecule has 110 valence electrons. The standard InChI is InChI=1S/C14H26N2O3/c1-4-8-16(9-11-6-7-11)14(19)15-12(13(17)18)10(3)5-2/h10-12H,4-9H2,1-3H3,(H,15,19)(H,17,18)/t10-,12-/m0/s1. The number of rotatable bonds is 8. The third kappa shape index (κ3) is 5.09. The largest absolute Gasteiger partial charge is 0.480 e. The molecule has 5 heteroatoms. The predicted octanol–water partition coefficient (Wildman–Crippen LogP) is 2.32. The molecular formula is C14H26N2O3. The lowest BCUT2D eigenvalue weighted by Gasteiger charge is -2.27. The van der Waals surface area contributed by atoms with E-state index < -0.39 is 12.0 Å². The molecule has 0 unspecified atom stereocenters. The number of carboxylic acid groups (broad SMARTS) is 1. The van der Waals surface area contributed by atoms with Crippen LogP contribution in [0.2, 0.25) is 0 Å². The van der Waals surface area contributed by atoms with Gasteiger partial charge in [-0.1, -0.05) is 27.2 Å². The first kappa shape index (κ1) is 15.8. The molecular weight excluding hydrogens is 244 g/mol. The molecule has 2 atom stereocenters. The first-order valence-corrected chi connectivity index (χ1v) is 7.27. The third-order valence-corrected chi connectivity index (χ3v) is 3.71. The summed E-state index contributed by atoms with van der Waals surface area (Å²) < 4.78 is 0. The van der Waals surface area contributed by atoms with Crippen molar-refractivity contribution < 1.29 is 14.7 Å². The van der Waals surface area contributed by atoms with Crippen LogP contribution in [0.4, 0.5) is 4.79 Å². The highest BCUT2D eigenvalue weighted by atomic mass is 16.4. The van der Waals surface area contributed by atoms with Crippen LogP contribution in [0.15, 0.2) is 0 Å². The zero-order valence-corrected chi connectivity index (χ0v) is 12.2. The van der Waals surface area contributed by atoms with Gasteiger partial charge in [-0.15, -0.1) is 0 Å². The highest BCUT2D eigenvalue weighted by molar-refractivity contribution is 5.82. The van der Waals surface area contributed by atoms with Crippen molar-refractivity contribution in [1.82, 2.24) is 10.2 Å². The minimum atomic E-state index is -0.953. The molecule has 1 aliphatic carbocycles. The Morgan fingerprint density at radius 1 is 1.37 bits per heavy atom. The fourth-order valence-electron chi connectivity index (χ4n) is 2.07. The molecule has 0 aromatic carbocycles. The van der Waals surface area contributed by atoms with Crippen LogP contribution in [0.25, 0.3) is 0 Å². The number of urea groups is 1. The fourth-order valence-corrected chi connectivity index (χ4v) is 2.07. The first-order valence-electron chi connectivity index (χ1n) is 7.27. The summed E-state index contributed by atoms with van der Waals surface area (Å²) in [7, 11) is 0. The van der Waals surface area contributed by atoms with Crippen molar-refractivity contribution in [3.8, 4) is 0 Å². The van der Waals surface area contributed by atoms with Crippen LogP contribution in [0.1, 0.15) is 46.5 Å². The fraction of sp³-hybridized carbons (Fsp3) is 0.857. The van der Waals surface area contributed by atoms with Crippen molar-refractivity contribution in [2.45, 2.75) is 52.5 Å². The van der Waals surface area contributed by atoms with E-state index in [1.165, 1.54) is 12.8 Å². The van der Waals surface area contributed by atoms with Crippen LogP contribution in [0.3, 0.4) is 0 Å². The molecule has 0 radical (unpaired) electrons. The van der Waals surface area contributed by atoms with E-state index in [9.17, 15) is 14.7 Å². The summed E-state index contributed by atoms with van der Waals surface area (Å²) in [6.45, 7) is 7.25. The van der Waals surface area contributed by atoms with Crippen LogP contribution in [-0.2, 0) is 4.79 Å². The maximum absolute atomic E-state index is 12.2. The highest BCUT2D eigenvalue weighted by Crippen LogP contribution is 2.29. The lowest BCUT2D eigenvalue weighted by atomic mass is 9.99. The predicted molar refractivity (Wildman–Crippen MR) is 74.0 cm³/mol. The number of aliphatic carboxylic acids is 1. The van der Waals surface area contributed by atoms with Gasteiger partial charge in [0, 0.05) is 13.1 Å². The van der Waals surface area contributed by atoms with Gasteiger partial charge in [0.2, 0.25) is 0 Å². The number of carboxylic acids is 1. The number of carbonyl (C=O) groups excluding carboxylic acids is 1. The van der Waals surface area contributed by atoms with Gasteiger partial charge in [0.25, 0.3) is 0 Å². The Morgan fingerprint density at radius 3 is 2.42 bits per heavy atom. The summed E-state index contributed by atoms with van der Waals surface area (Å²) >= 11 is 0. The van der Waals surface area contributed by atoms with Crippen molar-refractivity contribution in [2.24, 2.45) is 11.8 Å². The van der Waals surface area contributed by atoms with E-state index in [0.29, 0.717) is 12.5 Å². The minimum Gasteiger partial charge on any atom is -0.480 e. The number of amides is 2. The molecule has 2 amide bonds. The molecule has 1 saturated carbocycles. The van der Waals surface area contributed by atoms with Gasteiger partial charge in [0.15, 0.2) is 0 Å². The van der Waals surface area contributed by atoms with Gasteiger partial charge in [0.1, 0.15) is 6.04 Å². The Bertz CT molecular complexity index is 316. The number of hydrogen-bond donors (Lipinski definition) is 2. The maximum atomic E-state index is 12.2. The van der Waals surface area contributed by atoms with E-state index in [1.807, 2.05) is 20.8 Å². The number of nitrogens with zero attached hydrogens (tertiary/aromatic N) is 1. The van der Waals surface area contributed by atoms with Crippen molar-refractivity contribution >= 4 is 12.0 Å². The topological polar surface area (TPSA) is 69.6 Å². The van der Waals surface area contributed by atoms with E-state index in [1.54, 1.807) is 4.90 Å². The van der Waals surface area contributed by atoms with Crippen molar-refractivity contribution in [2.75, 3.05) is 13.1 Å². The zero-order chi connectivity index (χ0) is 14.4. The van der Waals surface area contributed by atoms with E-state index in [0.717, 1.165) is 19.4 Å². The zero-order valence-electron chi connectivity index (χ0n) is 12.2. The Balaban J connectivity index is 2.58. The third-order valence-electron chi connectivity index (χ3n) is 3.71.